The maximum absolute atomic E-state index is 13.7. The molecule has 4 nitrogen and oxygen atoms in total. The van der Waals surface area contributed by atoms with Crippen molar-refractivity contribution < 1.29 is 4.39 Å². The first-order chi connectivity index (χ1) is 12.4. The topological polar surface area (TPSA) is 47.3 Å². The summed E-state index contributed by atoms with van der Waals surface area (Å²) in [5.74, 6) is -0.477. The van der Waals surface area contributed by atoms with Crippen LogP contribution < -0.4 is 10.1 Å². The molecule has 0 aliphatic heterocycles. The van der Waals surface area contributed by atoms with E-state index in [0.717, 1.165) is 11.6 Å². The molecular weight excluding hydrogens is 420 g/mol. The van der Waals surface area contributed by atoms with Crippen molar-refractivity contribution in [1.29, 1.82) is 0 Å². The zero-order valence-electron chi connectivity index (χ0n) is 12.7. The van der Waals surface area contributed by atoms with Gasteiger partial charge in [0.25, 0.3) is 5.56 Å². The SMILES string of the molecule is O=c1c(=Cc2ccc(Cl)cc2)sc2nc(-c3cc(F)c(Cl)cc3Cl)nn12. The van der Waals surface area contributed by atoms with Gasteiger partial charge in [-0.05, 0) is 35.9 Å². The summed E-state index contributed by atoms with van der Waals surface area (Å²) in [5, 5.41) is 4.88. The fraction of sp³-hybridized carbons (Fsp3) is 0. The van der Waals surface area contributed by atoms with Gasteiger partial charge in [-0.1, -0.05) is 58.3 Å². The number of thiazole rings is 1. The van der Waals surface area contributed by atoms with E-state index < -0.39 is 5.82 Å². The lowest BCUT2D eigenvalue weighted by Crippen LogP contribution is -2.23. The zero-order chi connectivity index (χ0) is 18.4. The van der Waals surface area contributed by atoms with Gasteiger partial charge in [0.2, 0.25) is 4.96 Å². The van der Waals surface area contributed by atoms with E-state index in [4.69, 9.17) is 34.8 Å². The van der Waals surface area contributed by atoms with Gasteiger partial charge >= 0.3 is 0 Å². The summed E-state index contributed by atoms with van der Waals surface area (Å²) in [4.78, 5) is 17.2. The van der Waals surface area contributed by atoms with Crippen LogP contribution in [0.3, 0.4) is 0 Å². The average molecular weight is 427 g/mol. The van der Waals surface area contributed by atoms with Crippen LogP contribution >= 0.6 is 46.1 Å². The van der Waals surface area contributed by atoms with Crippen LogP contribution in [0.15, 0.2) is 41.2 Å². The fourth-order valence-electron chi connectivity index (χ4n) is 2.35. The van der Waals surface area contributed by atoms with E-state index in [9.17, 15) is 9.18 Å². The molecular formula is C17H7Cl3FN3OS. The van der Waals surface area contributed by atoms with Gasteiger partial charge in [0.1, 0.15) is 5.82 Å². The molecule has 0 bridgehead atoms. The van der Waals surface area contributed by atoms with Crippen molar-refractivity contribution >= 4 is 57.2 Å². The Morgan fingerprint density at radius 2 is 1.81 bits per heavy atom. The number of hydrogen-bond donors (Lipinski definition) is 0. The highest BCUT2D eigenvalue weighted by Crippen LogP contribution is 2.30. The average Bonchev–Trinajstić information content (AvgIpc) is 3.13. The Balaban J connectivity index is 1.83. The quantitative estimate of drug-likeness (QED) is 0.445. The van der Waals surface area contributed by atoms with E-state index in [2.05, 4.69) is 10.1 Å². The number of nitrogens with zero attached hydrogens (tertiary/aromatic N) is 3. The molecule has 0 aliphatic rings. The Morgan fingerprint density at radius 1 is 1.08 bits per heavy atom. The summed E-state index contributed by atoms with van der Waals surface area (Å²) in [6.07, 6.45) is 1.73. The van der Waals surface area contributed by atoms with E-state index in [1.807, 2.05) is 0 Å². The molecule has 4 rings (SSSR count). The number of benzene rings is 2. The lowest BCUT2D eigenvalue weighted by atomic mass is 10.2. The Morgan fingerprint density at radius 3 is 2.50 bits per heavy atom. The van der Waals surface area contributed by atoms with Gasteiger partial charge in [0.15, 0.2) is 5.82 Å². The fourth-order valence-corrected chi connectivity index (χ4v) is 3.85. The molecule has 9 heteroatoms. The molecule has 0 saturated heterocycles. The van der Waals surface area contributed by atoms with Crippen LogP contribution in [0.1, 0.15) is 5.56 Å². The third-order valence-corrected chi connectivity index (χ3v) is 5.41. The third-order valence-electron chi connectivity index (χ3n) is 3.60. The van der Waals surface area contributed by atoms with Gasteiger partial charge in [0, 0.05) is 10.6 Å². The summed E-state index contributed by atoms with van der Waals surface area (Å²) in [7, 11) is 0. The van der Waals surface area contributed by atoms with Crippen molar-refractivity contribution in [3.05, 3.63) is 77.7 Å². The first kappa shape index (κ1) is 17.4. The lowest BCUT2D eigenvalue weighted by molar-refractivity contribution is 0.628. The number of hydrogen-bond acceptors (Lipinski definition) is 4. The Hall–Kier alpha value is -1.99. The van der Waals surface area contributed by atoms with Gasteiger partial charge in [-0.15, -0.1) is 5.10 Å². The first-order valence-electron chi connectivity index (χ1n) is 7.24. The maximum Gasteiger partial charge on any atom is 0.291 e. The second-order valence-electron chi connectivity index (χ2n) is 5.34. The molecule has 2 aromatic carbocycles. The van der Waals surface area contributed by atoms with Crippen LogP contribution in [-0.4, -0.2) is 14.6 Å². The highest BCUT2D eigenvalue weighted by Gasteiger charge is 2.16. The van der Waals surface area contributed by atoms with Gasteiger partial charge < -0.3 is 0 Å². The van der Waals surface area contributed by atoms with E-state index in [-0.39, 0.29) is 27.0 Å². The van der Waals surface area contributed by atoms with E-state index >= 15 is 0 Å². The van der Waals surface area contributed by atoms with E-state index in [1.54, 1.807) is 30.3 Å². The van der Waals surface area contributed by atoms with Gasteiger partial charge in [-0.25, -0.2) is 4.39 Å². The Bertz CT molecular complexity index is 1250. The molecule has 0 fully saturated rings. The van der Waals surface area contributed by atoms with Crippen LogP contribution in [0.25, 0.3) is 22.4 Å². The Kier molecular flexibility index (Phi) is 4.44. The Labute approximate surface area is 165 Å². The van der Waals surface area contributed by atoms with Gasteiger partial charge in [-0.3, -0.25) is 4.79 Å². The number of aromatic nitrogens is 3. The highest BCUT2D eigenvalue weighted by molar-refractivity contribution is 7.15. The highest BCUT2D eigenvalue weighted by atomic mass is 35.5. The van der Waals surface area contributed by atoms with Crippen molar-refractivity contribution in [2.75, 3.05) is 0 Å². The molecule has 2 heterocycles. The summed E-state index contributed by atoms with van der Waals surface area (Å²) in [6, 6.07) is 9.52. The summed E-state index contributed by atoms with van der Waals surface area (Å²) in [5.41, 5.74) is 0.787. The van der Waals surface area contributed by atoms with E-state index in [0.29, 0.717) is 14.5 Å². The number of rotatable bonds is 2. The van der Waals surface area contributed by atoms with Crippen LogP contribution in [0, 0.1) is 5.82 Å². The predicted octanol–water partition coefficient (Wildman–Crippen LogP) is 4.47. The monoisotopic (exact) mass is 425 g/mol. The summed E-state index contributed by atoms with van der Waals surface area (Å²) in [6.45, 7) is 0. The minimum Gasteiger partial charge on any atom is -0.266 e. The molecule has 130 valence electrons. The molecule has 0 spiro atoms. The molecule has 0 N–H and O–H groups in total. The summed E-state index contributed by atoms with van der Waals surface area (Å²) < 4.78 is 15.4. The van der Waals surface area contributed by atoms with Crippen LogP contribution in [0.2, 0.25) is 15.1 Å². The number of halogens is 4. The molecule has 0 unspecified atom stereocenters. The van der Waals surface area contributed by atoms with Crippen molar-refractivity contribution in [3.63, 3.8) is 0 Å². The molecule has 0 aliphatic carbocycles. The molecule has 0 atom stereocenters. The largest absolute Gasteiger partial charge is 0.291 e. The second-order valence-corrected chi connectivity index (χ2v) is 7.60. The van der Waals surface area contributed by atoms with Crippen molar-refractivity contribution in [3.8, 4) is 11.4 Å². The molecule has 2 aromatic heterocycles. The number of fused-ring (bicyclic) bond motifs is 1. The maximum atomic E-state index is 13.7. The van der Waals surface area contributed by atoms with Crippen LogP contribution in [-0.2, 0) is 0 Å². The smallest absolute Gasteiger partial charge is 0.266 e. The zero-order valence-corrected chi connectivity index (χ0v) is 15.8. The second kappa shape index (κ2) is 6.63. The summed E-state index contributed by atoms with van der Waals surface area (Å²) >= 11 is 18.8. The van der Waals surface area contributed by atoms with Crippen molar-refractivity contribution in [1.82, 2.24) is 14.6 Å². The third kappa shape index (κ3) is 3.10. The molecule has 26 heavy (non-hydrogen) atoms. The van der Waals surface area contributed by atoms with Crippen molar-refractivity contribution in [2.45, 2.75) is 0 Å². The van der Waals surface area contributed by atoms with Crippen molar-refractivity contribution in [2.24, 2.45) is 0 Å². The first-order valence-corrected chi connectivity index (χ1v) is 9.19. The van der Waals surface area contributed by atoms with Crippen LogP contribution in [0.4, 0.5) is 4.39 Å². The van der Waals surface area contributed by atoms with Crippen LogP contribution in [0.5, 0.6) is 0 Å². The van der Waals surface area contributed by atoms with E-state index in [1.165, 1.54) is 21.9 Å². The normalized spacial score (nSPS) is 12.2. The molecule has 4 aromatic rings. The van der Waals surface area contributed by atoms with Gasteiger partial charge in [-0.2, -0.15) is 9.50 Å². The minimum absolute atomic E-state index is 0.0934. The predicted molar refractivity (Wildman–Crippen MR) is 103 cm³/mol. The standard InChI is InChI=1S/C17H7Cl3FN3OS/c18-9-3-1-8(2-4-9)5-14-16(25)24-17(26-14)22-15(23-24)10-6-13(21)12(20)7-11(10)19/h1-7H. The minimum atomic E-state index is -0.636. The molecule has 0 amide bonds. The van der Waals surface area contributed by atoms with Gasteiger partial charge in [0.05, 0.1) is 14.6 Å². The molecule has 0 radical (unpaired) electrons. The molecule has 0 saturated carbocycles. The lowest BCUT2D eigenvalue weighted by Gasteiger charge is -2.01.